The number of carboxylic acid groups (broad SMARTS) is 1. The van der Waals surface area contributed by atoms with Gasteiger partial charge in [-0.3, -0.25) is 0 Å². The smallest absolute Gasteiger partial charge is 0.341 e. The molecule has 0 saturated heterocycles. The van der Waals surface area contributed by atoms with Crippen molar-refractivity contribution in [3.8, 4) is 0 Å². The molecule has 3 nitrogen and oxygen atoms in total. The van der Waals surface area contributed by atoms with Crippen LogP contribution in [0.5, 0.6) is 0 Å². The molecule has 0 fully saturated rings. The molecule has 1 N–H and O–H groups in total. The summed E-state index contributed by atoms with van der Waals surface area (Å²) in [4.78, 5) is 10.1. The zero-order valence-corrected chi connectivity index (χ0v) is 9.04. The Hall–Kier alpha value is -1.51. The molecule has 0 aromatic heterocycles. The third-order valence-corrected chi connectivity index (χ3v) is 1.04. The predicted molar refractivity (Wildman–Crippen MR) is 58.0 cm³/mol. The van der Waals surface area contributed by atoms with E-state index in [0.717, 1.165) is 0 Å². The van der Waals surface area contributed by atoms with Crippen molar-refractivity contribution in [3.63, 3.8) is 0 Å². The zero-order chi connectivity index (χ0) is 11.6. The lowest BCUT2D eigenvalue weighted by molar-refractivity contribution is -0.140. The van der Waals surface area contributed by atoms with Crippen molar-refractivity contribution in [2.45, 2.75) is 20.8 Å². The largest absolute Gasteiger partial charge is 0.482 e. The molecule has 14 heavy (non-hydrogen) atoms. The summed E-state index contributed by atoms with van der Waals surface area (Å²) in [5, 5.41) is 8.30. The predicted octanol–water partition coefficient (Wildman–Crippen LogP) is 2.76. The van der Waals surface area contributed by atoms with E-state index in [2.05, 4.69) is 13.2 Å². The molecule has 0 saturated carbocycles. The van der Waals surface area contributed by atoms with E-state index in [1.165, 1.54) is 6.08 Å². The SMILES string of the molecule is C=C/C=C(/OCC(=O)O)C(=C)C.CC. The summed E-state index contributed by atoms with van der Waals surface area (Å²) in [5.74, 6) is -0.557. The van der Waals surface area contributed by atoms with E-state index in [9.17, 15) is 4.79 Å². The normalized spacial score (nSPS) is 9.50. The lowest BCUT2D eigenvalue weighted by atomic mass is 10.2. The van der Waals surface area contributed by atoms with Crippen LogP contribution in [0.15, 0.2) is 36.6 Å². The van der Waals surface area contributed by atoms with Crippen LogP contribution in [0.2, 0.25) is 0 Å². The molecule has 0 aliphatic carbocycles. The molecule has 0 spiro atoms. The van der Waals surface area contributed by atoms with E-state index in [1.807, 2.05) is 13.8 Å². The van der Waals surface area contributed by atoms with Crippen LogP contribution in [-0.4, -0.2) is 17.7 Å². The van der Waals surface area contributed by atoms with E-state index >= 15 is 0 Å². The van der Waals surface area contributed by atoms with Crippen LogP contribution in [0, 0.1) is 0 Å². The van der Waals surface area contributed by atoms with Gasteiger partial charge in [-0.05, 0) is 18.6 Å². The van der Waals surface area contributed by atoms with Crippen molar-refractivity contribution < 1.29 is 14.6 Å². The topological polar surface area (TPSA) is 46.5 Å². The lowest BCUT2D eigenvalue weighted by Crippen LogP contribution is -2.06. The minimum atomic E-state index is -1.01. The van der Waals surface area contributed by atoms with E-state index in [1.54, 1.807) is 13.0 Å². The molecule has 0 bridgehead atoms. The van der Waals surface area contributed by atoms with Gasteiger partial charge in [-0.15, -0.1) is 0 Å². The fourth-order valence-corrected chi connectivity index (χ4v) is 0.560. The molecule has 0 heterocycles. The summed E-state index contributed by atoms with van der Waals surface area (Å²) < 4.78 is 4.90. The third-order valence-electron chi connectivity index (χ3n) is 1.04. The maximum atomic E-state index is 10.1. The zero-order valence-electron chi connectivity index (χ0n) is 9.04. The number of aliphatic carboxylic acids is 1. The fraction of sp³-hybridized carbons (Fsp3) is 0.364. The summed E-state index contributed by atoms with van der Waals surface area (Å²) in [6.07, 6.45) is 3.09. The molecule has 0 atom stereocenters. The van der Waals surface area contributed by atoms with Crippen molar-refractivity contribution in [2.24, 2.45) is 0 Å². The number of allylic oxidation sites excluding steroid dienone is 3. The Morgan fingerprint density at radius 3 is 2.29 bits per heavy atom. The van der Waals surface area contributed by atoms with Gasteiger partial charge in [0.2, 0.25) is 0 Å². The second-order valence-electron chi connectivity index (χ2n) is 2.23. The summed E-state index contributed by atoms with van der Waals surface area (Å²) >= 11 is 0. The standard InChI is InChI=1S/C9H12O3.C2H6/c1-4-5-8(7(2)3)12-6-9(10)11;1-2/h4-5H,1-2,6H2,3H3,(H,10,11);1-2H3/b8-5+;. The van der Waals surface area contributed by atoms with Gasteiger partial charge in [-0.25, -0.2) is 4.79 Å². The number of carbonyl (C=O) groups is 1. The minimum Gasteiger partial charge on any atom is -0.482 e. The minimum absolute atomic E-state index is 0.355. The van der Waals surface area contributed by atoms with Crippen LogP contribution >= 0.6 is 0 Å². The second kappa shape index (κ2) is 9.58. The average molecular weight is 198 g/mol. The first-order valence-corrected chi connectivity index (χ1v) is 4.41. The highest BCUT2D eigenvalue weighted by Gasteiger charge is 2.01. The Labute approximate surface area is 85.4 Å². The second-order valence-corrected chi connectivity index (χ2v) is 2.23. The van der Waals surface area contributed by atoms with Crippen LogP contribution in [0.25, 0.3) is 0 Å². The molecule has 80 valence electrons. The number of carboxylic acids is 1. The summed E-state index contributed by atoms with van der Waals surface area (Å²) in [6, 6.07) is 0. The van der Waals surface area contributed by atoms with E-state index in [4.69, 9.17) is 9.84 Å². The Kier molecular flexibility index (Phi) is 10.3. The molecule has 0 aliphatic heterocycles. The quantitative estimate of drug-likeness (QED) is 0.545. The maximum absolute atomic E-state index is 10.1. The molecule has 0 unspecified atom stereocenters. The van der Waals surface area contributed by atoms with Gasteiger partial charge in [0.1, 0.15) is 5.76 Å². The summed E-state index contributed by atoms with van der Waals surface area (Å²) in [6.45, 7) is 12.5. The maximum Gasteiger partial charge on any atom is 0.341 e. The van der Waals surface area contributed by atoms with Crippen LogP contribution in [0.4, 0.5) is 0 Å². The molecule has 3 heteroatoms. The van der Waals surface area contributed by atoms with Gasteiger partial charge < -0.3 is 9.84 Å². The first-order chi connectivity index (χ1) is 6.57. The number of hydrogen-bond donors (Lipinski definition) is 1. The number of hydrogen-bond acceptors (Lipinski definition) is 2. The van der Waals surface area contributed by atoms with Crippen LogP contribution in [-0.2, 0) is 9.53 Å². The highest BCUT2D eigenvalue weighted by atomic mass is 16.5. The fourth-order valence-electron chi connectivity index (χ4n) is 0.560. The molecule has 0 amide bonds. The lowest BCUT2D eigenvalue weighted by Gasteiger charge is -2.06. The molecule has 0 aromatic rings. The van der Waals surface area contributed by atoms with E-state index in [-0.39, 0.29) is 6.61 Å². The third kappa shape index (κ3) is 8.59. The Morgan fingerprint density at radius 1 is 1.50 bits per heavy atom. The first kappa shape index (κ1) is 15.0. The van der Waals surface area contributed by atoms with Gasteiger partial charge in [-0.1, -0.05) is 33.1 Å². The molecular weight excluding hydrogens is 180 g/mol. The van der Waals surface area contributed by atoms with Crippen LogP contribution < -0.4 is 0 Å². The monoisotopic (exact) mass is 198 g/mol. The molecule has 0 radical (unpaired) electrons. The highest BCUT2D eigenvalue weighted by Crippen LogP contribution is 2.07. The van der Waals surface area contributed by atoms with E-state index in [0.29, 0.717) is 11.3 Å². The van der Waals surface area contributed by atoms with Gasteiger partial charge in [0.05, 0.1) is 0 Å². The Morgan fingerprint density at radius 2 is 2.00 bits per heavy atom. The Bertz CT molecular complexity index is 227. The van der Waals surface area contributed by atoms with Crippen molar-refractivity contribution in [3.05, 3.63) is 36.6 Å². The summed E-state index contributed by atoms with van der Waals surface area (Å²) in [5.41, 5.74) is 0.677. The van der Waals surface area contributed by atoms with Crippen molar-refractivity contribution in [1.82, 2.24) is 0 Å². The van der Waals surface area contributed by atoms with E-state index < -0.39 is 5.97 Å². The summed E-state index contributed by atoms with van der Waals surface area (Å²) in [7, 11) is 0. The van der Waals surface area contributed by atoms with Gasteiger partial charge in [0.15, 0.2) is 6.61 Å². The number of rotatable bonds is 5. The highest BCUT2D eigenvalue weighted by molar-refractivity contribution is 5.68. The molecule has 0 aromatic carbocycles. The van der Waals surface area contributed by atoms with Crippen LogP contribution in [0.3, 0.4) is 0 Å². The van der Waals surface area contributed by atoms with Crippen LogP contribution in [0.1, 0.15) is 20.8 Å². The van der Waals surface area contributed by atoms with Gasteiger partial charge in [-0.2, -0.15) is 0 Å². The Balaban J connectivity index is 0. The molecule has 0 rings (SSSR count). The van der Waals surface area contributed by atoms with Gasteiger partial charge in [0, 0.05) is 0 Å². The van der Waals surface area contributed by atoms with Crippen molar-refractivity contribution in [2.75, 3.05) is 6.61 Å². The van der Waals surface area contributed by atoms with Crippen molar-refractivity contribution in [1.29, 1.82) is 0 Å². The average Bonchev–Trinajstić information content (AvgIpc) is 2.14. The van der Waals surface area contributed by atoms with Gasteiger partial charge in [0.25, 0.3) is 0 Å². The van der Waals surface area contributed by atoms with Crippen molar-refractivity contribution >= 4 is 5.97 Å². The molecular formula is C11H18O3. The first-order valence-electron chi connectivity index (χ1n) is 4.41. The number of ether oxygens (including phenoxy) is 1. The molecule has 0 aliphatic rings. The van der Waals surface area contributed by atoms with Gasteiger partial charge >= 0.3 is 5.97 Å².